The predicted octanol–water partition coefficient (Wildman–Crippen LogP) is 4.03. The fourth-order valence-corrected chi connectivity index (χ4v) is 2.04. The van der Waals surface area contributed by atoms with Crippen LogP contribution in [0.4, 0.5) is 0 Å². The van der Waals surface area contributed by atoms with E-state index in [1.165, 1.54) is 10.8 Å². The highest BCUT2D eigenvalue weighted by atomic mass is 14.4. The zero-order valence-corrected chi connectivity index (χ0v) is 9.70. The lowest BCUT2D eigenvalue weighted by Gasteiger charge is -2.21. The van der Waals surface area contributed by atoms with Crippen LogP contribution in [0.15, 0.2) is 42.5 Å². The smallest absolute Gasteiger partial charge is 0.0797 e. The van der Waals surface area contributed by atoms with Crippen molar-refractivity contribution >= 4 is 10.8 Å². The van der Waals surface area contributed by atoms with Crippen LogP contribution in [-0.4, -0.2) is 0 Å². The van der Waals surface area contributed by atoms with E-state index >= 15 is 0 Å². The highest BCUT2D eigenvalue weighted by Gasteiger charge is 2.25. The van der Waals surface area contributed by atoms with Gasteiger partial charge in [0, 0.05) is 0 Å². The summed E-state index contributed by atoms with van der Waals surface area (Å²) < 4.78 is 0. The second kappa shape index (κ2) is 3.98. The Balaban J connectivity index is 2.75. The van der Waals surface area contributed by atoms with Crippen molar-refractivity contribution in [3.63, 3.8) is 0 Å². The fourth-order valence-electron chi connectivity index (χ4n) is 2.04. The molecule has 0 fully saturated rings. The van der Waals surface area contributed by atoms with Crippen LogP contribution in [-0.2, 0) is 5.41 Å². The van der Waals surface area contributed by atoms with Crippen LogP contribution >= 0.6 is 0 Å². The van der Waals surface area contributed by atoms with Gasteiger partial charge < -0.3 is 0 Å². The Kier molecular flexibility index (Phi) is 2.66. The quantitative estimate of drug-likeness (QED) is 0.732. The molecule has 2 aromatic carbocycles. The molecule has 16 heavy (non-hydrogen) atoms. The summed E-state index contributed by atoms with van der Waals surface area (Å²) in [5.41, 5.74) is 0.747. The van der Waals surface area contributed by atoms with Gasteiger partial charge in [0.2, 0.25) is 0 Å². The van der Waals surface area contributed by atoms with E-state index in [1.807, 2.05) is 25.1 Å². The summed E-state index contributed by atoms with van der Waals surface area (Å²) in [6.07, 6.45) is 0.831. The Morgan fingerprint density at radius 3 is 2.50 bits per heavy atom. The zero-order chi connectivity index (χ0) is 11.6. The van der Waals surface area contributed by atoms with E-state index in [1.54, 1.807) is 0 Å². The molecular formula is C15H15N. The average Bonchev–Trinajstić information content (AvgIpc) is 2.37. The molecule has 2 aromatic rings. The van der Waals surface area contributed by atoms with Gasteiger partial charge in [-0.1, -0.05) is 49.4 Å². The van der Waals surface area contributed by atoms with E-state index in [9.17, 15) is 5.26 Å². The van der Waals surface area contributed by atoms with E-state index in [2.05, 4.69) is 37.3 Å². The first-order valence-electron chi connectivity index (χ1n) is 5.61. The van der Waals surface area contributed by atoms with Gasteiger partial charge in [-0.3, -0.25) is 0 Å². The minimum absolute atomic E-state index is 0.388. The second-order valence-corrected chi connectivity index (χ2v) is 4.32. The van der Waals surface area contributed by atoms with Gasteiger partial charge in [0.15, 0.2) is 0 Å². The van der Waals surface area contributed by atoms with Gasteiger partial charge in [-0.2, -0.15) is 5.26 Å². The third kappa shape index (κ3) is 1.57. The first kappa shape index (κ1) is 10.7. The van der Waals surface area contributed by atoms with Crippen LogP contribution in [0.25, 0.3) is 10.8 Å². The Morgan fingerprint density at radius 2 is 1.81 bits per heavy atom. The van der Waals surface area contributed by atoms with Crippen molar-refractivity contribution in [3.05, 3.63) is 48.0 Å². The molecule has 0 aliphatic rings. The minimum Gasteiger partial charge on any atom is -0.197 e. The lowest BCUT2D eigenvalue weighted by molar-refractivity contribution is 0.592. The molecule has 1 atom stereocenters. The SMILES string of the molecule is CCC(C)(C#N)c1cccc2ccccc12. The van der Waals surface area contributed by atoms with Crippen molar-refractivity contribution in [2.45, 2.75) is 25.7 Å². The van der Waals surface area contributed by atoms with Gasteiger partial charge >= 0.3 is 0 Å². The normalized spacial score (nSPS) is 14.3. The van der Waals surface area contributed by atoms with Crippen molar-refractivity contribution in [1.82, 2.24) is 0 Å². The molecule has 0 radical (unpaired) electrons. The highest BCUT2D eigenvalue weighted by molar-refractivity contribution is 5.87. The Labute approximate surface area is 96.3 Å². The highest BCUT2D eigenvalue weighted by Crippen LogP contribution is 2.32. The van der Waals surface area contributed by atoms with Crippen LogP contribution < -0.4 is 0 Å². The van der Waals surface area contributed by atoms with Crippen molar-refractivity contribution < 1.29 is 0 Å². The standard InChI is InChI=1S/C15H15N/c1-3-15(2,11-16)14-10-6-8-12-7-4-5-9-13(12)14/h4-10H,3H2,1-2H3. The van der Waals surface area contributed by atoms with E-state index in [0.717, 1.165) is 12.0 Å². The summed E-state index contributed by atoms with van der Waals surface area (Å²) in [5.74, 6) is 0. The lowest BCUT2D eigenvalue weighted by Crippen LogP contribution is -2.18. The Morgan fingerprint density at radius 1 is 1.12 bits per heavy atom. The molecule has 0 N–H and O–H groups in total. The summed E-state index contributed by atoms with van der Waals surface area (Å²) in [4.78, 5) is 0. The third-order valence-corrected chi connectivity index (χ3v) is 3.34. The summed E-state index contributed by atoms with van der Waals surface area (Å²) in [5, 5.41) is 11.7. The van der Waals surface area contributed by atoms with Crippen LogP contribution in [0.5, 0.6) is 0 Å². The molecule has 0 amide bonds. The van der Waals surface area contributed by atoms with Gasteiger partial charge in [0.1, 0.15) is 0 Å². The maximum Gasteiger partial charge on any atom is 0.0797 e. The molecule has 1 nitrogen and oxygen atoms in total. The van der Waals surface area contributed by atoms with Crippen LogP contribution in [0, 0.1) is 11.3 Å². The van der Waals surface area contributed by atoms with Crippen molar-refractivity contribution in [2.24, 2.45) is 0 Å². The molecule has 1 heteroatoms. The van der Waals surface area contributed by atoms with Crippen LogP contribution in [0.2, 0.25) is 0 Å². The molecule has 0 saturated carbocycles. The molecule has 80 valence electrons. The molecule has 2 rings (SSSR count). The molecular weight excluding hydrogens is 194 g/mol. The molecule has 0 saturated heterocycles. The van der Waals surface area contributed by atoms with Gasteiger partial charge in [0.25, 0.3) is 0 Å². The number of fused-ring (bicyclic) bond motifs is 1. The van der Waals surface area contributed by atoms with Gasteiger partial charge in [-0.15, -0.1) is 0 Å². The van der Waals surface area contributed by atoms with Gasteiger partial charge in [-0.25, -0.2) is 0 Å². The summed E-state index contributed by atoms with van der Waals surface area (Å²) >= 11 is 0. The summed E-state index contributed by atoms with van der Waals surface area (Å²) in [6.45, 7) is 4.07. The van der Waals surface area contributed by atoms with Gasteiger partial charge in [0.05, 0.1) is 11.5 Å². The molecule has 0 bridgehead atoms. The van der Waals surface area contributed by atoms with Crippen molar-refractivity contribution in [2.75, 3.05) is 0 Å². The average molecular weight is 209 g/mol. The molecule has 0 spiro atoms. The Hall–Kier alpha value is -1.81. The number of nitriles is 1. The maximum atomic E-state index is 9.35. The summed E-state index contributed by atoms with van der Waals surface area (Å²) in [7, 11) is 0. The Bertz CT molecular complexity index is 545. The van der Waals surface area contributed by atoms with E-state index in [4.69, 9.17) is 0 Å². The number of rotatable bonds is 2. The van der Waals surface area contributed by atoms with Crippen LogP contribution in [0.3, 0.4) is 0 Å². The second-order valence-electron chi connectivity index (χ2n) is 4.32. The van der Waals surface area contributed by atoms with Crippen molar-refractivity contribution in [3.8, 4) is 6.07 Å². The minimum atomic E-state index is -0.388. The molecule has 0 heterocycles. The monoisotopic (exact) mass is 209 g/mol. The predicted molar refractivity (Wildman–Crippen MR) is 67.2 cm³/mol. The van der Waals surface area contributed by atoms with Crippen molar-refractivity contribution in [1.29, 1.82) is 5.26 Å². The zero-order valence-electron chi connectivity index (χ0n) is 9.70. The number of benzene rings is 2. The van der Waals surface area contributed by atoms with E-state index in [0.29, 0.717) is 0 Å². The van der Waals surface area contributed by atoms with Crippen LogP contribution in [0.1, 0.15) is 25.8 Å². The van der Waals surface area contributed by atoms with Gasteiger partial charge in [-0.05, 0) is 29.7 Å². The molecule has 0 aliphatic carbocycles. The number of hydrogen-bond acceptors (Lipinski definition) is 1. The lowest BCUT2D eigenvalue weighted by atomic mass is 9.79. The largest absolute Gasteiger partial charge is 0.197 e. The maximum absolute atomic E-state index is 9.35. The molecule has 1 unspecified atom stereocenters. The van der Waals surface area contributed by atoms with E-state index in [-0.39, 0.29) is 5.41 Å². The fraction of sp³-hybridized carbons (Fsp3) is 0.267. The number of hydrogen-bond donors (Lipinski definition) is 0. The summed E-state index contributed by atoms with van der Waals surface area (Å²) in [6, 6.07) is 16.9. The molecule has 0 aromatic heterocycles. The first-order chi connectivity index (χ1) is 7.71. The van der Waals surface area contributed by atoms with E-state index < -0.39 is 0 Å². The topological polar surface area (TPSA) is 23.8 Å². The number of nitrogens with zero attached hydrogens (tertiary/aromatic N) is 1. The third-order valence-electron chi connectivity index (χ3n) is 3.34. The first-order valence-corrected chi connectivity index (χ1v) is 5.61. The molecule has 0 aliphatic heterocycles.